The minimum absolute atomic E-state index is 0.0251. The summed E-state index contributed by atoms with van der Waals surface area (Å²) in [4.78, 5) is 51.0. The molecule has 0 spiro atoms. The van der Waals surface area contributed by atoms with Gasteiger partial charge in [0, 0.05) is 6.07 Å². The van der Waals surface area contributed by atoms with E-state index in [-0.39, 0.29) is 39.0 Å². The number of imide groups is 1. The zero-order chi connectivity index (χ0) is 24.5. The summed E-state index contributed by atoms with van der Waals surface area (Å²) < 4.78 is 16.5. The molecule has 0 bridgehead atoms. The largest absolute Gasteiger partial charge is 0.460 e. The highest BCUT2D eigenvalue weighted by molar-refractivity contribution is 6.22. The zero-order valence-corrected chi connectivity index (χ0v) is 18.6. The number of nitrogens with zero attached hydrogens (tertiary/aromatic N) is 1. The van der Waals surface area contributed by atoms with E-state index in [0.29, 0.717) is 5.75 Å². The molecular weight excluding hydrogens is 450 g/mol. The molecule has 0 fully saturated rings. The van der Waals surface area contributed by atoms with Crippen LogP contribution in [0.25, 0.3) is 11.0 Å². The third-order valence-corrected chi connectivity index (χ3v) is 5.67. The molecule has 5 rings (SSSR count). The predicted molar refractivity (Wildman–Crippen MR) is 126 cm³/mol. The monoisotopic (exact) mass is 469 g/mol. The molecule has 0 saturated heterocycles. The first-order valence-electron chi connectivity index (χ1n) is 10.9. The topological polar surface area (TPSA) is 103 Å². The van der Waals surface area contributed by atoms with Gasteiger partial charge >= 0.3 is 5.97 Å². The molecule has 8 nitrogen and oxygen atoms in total. The van der Waals surface area contributed by atoms with Gasteiger partial charge in [-0.05, 0) is 48.4 Å². The number of aryl methyl sites for hydroxylation is 1. The fourth-order valence-electron chi connectivity index (χ4n) is 3.82. The van der Waals surface area contributed by atoms with Crippen LogP contribution in [0.15, 0.2) is 82.2 Å². The van der Waals surface area contributed by atoms with E-state index >= 15 is 0 Å². The number of esters is 1. The second-order valence-electron chi connectivity index (χ2n) is 7.90. The van der Waals surface area contributed by atoms with Crippen LogP contribution in [0, 0.1) is 0 Å². The summed E-state index contributed by atoms with van der Waals surface area (Å²) in [6, 6.07) is 18.0. The molecule has 1 aromatic heterocycles. The van der Waals surface area contributed by atoms with Crippen molar-refractivity contribution >= 4 is 28.8 Å². The number of carbonyl (C=O) groups excluding carboxylic acids is 3. The van der Waals surface area contributed by atoms with Gasteiger partial charge in [0.25, 0.3) is 11.8 Å². The molecule has 1 aliphatic heterocycles. The van der Waals surface area contributed by atoms with E-state index in [9.17, 15) is 19.2 Å². The summed E-state index contributed by atoms with van der Waals surface area (Å²) in [5, 5.41) is 0.243. The molecule has 0 saturated carbocycles. The second kappa shape index (κ2) is 8.90. The van der Waals surface area contributed by atoms with E-state index in [4.69, 9.17) is 13.9 Å². The van der Waals surface area contributed by atoms with Crippen molar-refractivity contribution < 1.29 is 28.3 Å². The number of carbonyl (C=O) groups is 3. The van der Waals surface area contributed by atoms with Crippen molar-refractivity contribution in [2.45, 2.75) is 13.3 Å². The summed E-state index contributed by atoms with van der Waals surface area (Å²) in [7, 11) is 0. The first-order chi connectivity index (χ1) is 16.9. The lowest BCUT2D eigenvalue weighted by atomic mass is 10.1. The molecule has 2 heterocycles. The minimum Gasteiger partial charge on any atom is -0.460 e. The summed E-state index contributed by atoms with van der Waals surface area (Å²) >= 11 is 0. The lowest BCUT2D eigenvalue weighted by molar-refractivity contribution is -0.134. The summed E-state index contributed by atoms with van der Waals surface area (Å²) in [5.41, 5.74) is 1.45. The van der Waals surface area contributed by atoms with Gasteiger partial charge < -0.3 is 13.9 Å². The second-order valence-corrected chi connectivity index (χ2v) is 7.90. The average Bonchev–Trinajstić information content (AvgIpc) is 3.11. The van der Waals surface area contributed by atoms with E-state index in [1.54, 1.807) is 24.3 Å². The van der Waals surface area contributed by atoms with Gasteiger partial charge in [0.2, 0.25) is 11.2 Å². The smallest absolute Gasteiger partial charge is 0.331 e. The highest BCUT2D eigenvalue weighted by Crippen LogP contribution is 2.25. The van der Waals surface area contributed by atoms with Crippen LogP contribution in [-0.4, -0.2) is 29.2 Å². The summed E-state index contributed by atoms with van der Waals surface area (Å²) in [6.45, 7) is 1.50. The number of benzene rings is 3. The number of rotatable bonds is 6. The molecular formula is C27H19NO7. The zero-order valence-electron chi connectivity index (χ0n) is 18.6. The maximum absolute atomic E-state index is 12.8. The van der Waals surface area contributed by atoms with Crippen molar-refractivity contribution in [2.75, 3.05) is 6.54 Å². The highest BCUT2D eigenvalue weighted by atomic mass is 16.5. The number of amides is 2. The van der Waals surface area contributed by atoms with Gasteiger partial charge in [-0.25, -0.2) is 4.79 Å². The molecule has 2 amide bonds. The van der Waals surface area contributed by atoms with Crippen molar-refractivity contribution in [2.24, 2.45) is 0 Å². The molecule has 174 valence electrons. The molecule has 0 radical (unpaired) electrons. The lowest BCUT2D eigenvalue weighted by Crippen LogP contribution is -2.36. The van der Waals surface area contributed by atoms with Gasteiger partial charge in [0.15, 0.2) is 0 Å². The number of ether oxygens (including phenoxy) is 2. The standard InChI is InChI=1S/C27H19NO7/c1-2-16-7-9-17(10-8-16)34-23-15-33-22-13-18(11-12-21(22)25(23)30)35-24(29)14-28-26(31)19-5-3-4-6-20(19)27(28)32/h3-13,15H,2,14H2,1H3. The summed E-state index contributed by atoms with van der Waals surface area (Å²) in [6.07, 6.45) is 2.09. The Bertz CT molecular complexity index is 1500. The van der Waals surface area contributed by atoms with Crippen LogP contribution < -0.4 is 14.9 Å². The van der Waals surface area contributed by atoms with Gasteiger partial charge in [-0.3, -0.25) is 19.3 Å². The Morgan fingerprint density at radius 3 is 2.20 bits per heavy atom. The van der Waals surface area contributed by atoms with Gasteiger partial charge in [0.1, 0.15) is 29.9 Å². The Morgan fingerprint density at radius 1 is 0.886 bits per heavy atom. The maximum Gasteiger partial charge on any atom is 0.331 e. The van der Waals surface area contributed by atoms with Crippen molar-refractivity contribution in [1.82, 2.24) is 4.90 Å². The van der Waals surface area contributed by atoms with Crippen molar-refractivity contribution in [3.8, 4) is 17.2 Å². The van der Waals surface area contributed by atoms with Crippen LogP contribution in [0.1, 0.15) is 33.2 Å². The predicted octanol–water partition coefficient (Wildman–Crippen LogP) is 4.35. The van der Waals surface area contributed by atoms with Crippen LogP contribution in [-0.2, 0) is 11.2 Å². The maximum atomic E-state index is 12.8. The quantitative estimate of drug-likeness (QED) is 0.235. The molecule has 4 aromatic rings. The highest BCUT2D eigenvalue weighted by Gasteiger charge is 2.36. The van der Waals surface area contributed by atoms with Crippen molar-refractivity contribution in [1.29, 1.82) is 0 Å². The first-order valence-corrected chi connectivity index (χ1v) is 10.9. The van der Waals surface area contributed by atoms with Crippen LogP contribution in [0.3, 0.4) is 0 Å². The molecule has 0 aliphatic carbocycles. The van der Waals surface area contributed by atoms with E-state index in [1.165, 1.54) is 36.6 Å². The van der Waals surface area contributed by atoms with Gasteiger partial charge in [-0.1, -0.05) is 31.2 Å². The number of hydrogen-bond acceptors (Lipinski definition) is 7. The minimum atomic E-state index is -0.809. The molecule has 8 heteroatoms. The Balaban J connectivity index is 1.30. The van der Waals surface area contributed by atoms with Crippen LogP contribution in [0.5, 0.6) is 17.2 Å². The first kappa shape index (κ1) is 22.1. The van der Waals surface area contributed by atoms with Crippen molar-refractivity contribution in [3.05, 3.63) is 99.9 Å². The van der Waals surface area contributed by atoms with Crippen LogP contribution in [0.2, 0.25) is 0 Å². The summed E-state index contributed by atoms with van der Waals surface area (Å²) in [5.74, 6) is -1.28. The SMILES string of the molecule is CCc1ccc(Oc2coc3cc(OC(=O)CN4C(=O)c5ccccc5C4=O)ccc3c2=O)cc1. The Kier molecular flexibility index (Phi) is 5.62. The number of hydrogen-bond donors (Lipinski definition) is 0. The van der Waals surface area contributed by atoms with E-state index in [0.717, 1.165) is 16.9 Å². The molecule has 0 atom stereocenters. The molecule has 1 aliphatic rings. The molecule has 0 N–H and O–H groups in total. The Morgan fingerprint density at radius 2 is 1.54 bits per heavy atom. The lowest BCUT2D eigenvalue weighted by Gasteiger charge is -2.13. The average molecular weight is 469 g/mol. The number of fused-ring (bicyclic) bond motifs is 2. The van der Waals surface area contributed by atoms with Crippen LogP contribution >= 0.6 is 0 Å². The van der Waals surface area contributed by atoms with E-state index < -0.39 is 24.3 Å². The normalized spacial score (nSPS) is 12.7. The van der Waals surface area contributed by atoms with E-state index in [2.05, 4.69) is 0 Å². The third-order valence-electron chi connectivity index (χ3n) is 5.67. The Hall–Kier alpha value is -4.72. The fraction of sp³-hybridized carbons (Fsp3) is 0.111. The van der Waals surface area contributed by atoms with Gasteiger partial charge in [-0.2, -0.15) is 0 Å². The van der Waals surface area contributed by atoms with Crippen LogP contribution in [0.4, 0.5) is 0 Å². The molecule has 0 unspecified atom stereocenters. The Labute approximate surface area is 199 Å². The van der Waals surface area contributed by atoms with Gasteiger partial charge in [-0.15, -0.1) is 0 Å². The molecule has 35 heavy (non-hydrogen) atoms. The third kappa shape index (κ3) is 4.17. The van der Waals surface area contributed by atoms with Crippen molar-refractivity contribution in [3.63, 3.8) is 0 Å². The van der Waals surface area contributed by atoms with E-state index in [1.807, 2.05) is 19.1 Å². The van der Waals surface area contributed by atoms with Gasteiger partial charge in [0.05, 0.1) is 16.5 Å². The molecule has 3 aromatic carbocycles. The fourth-order valence-corrected chi connectivity index (χ4v) is 3.82.